The van der Waals surface area contributed by atoms with Crippen LogP contribution in [0, 0.1) is 5.41 Å². The maximum Gasteiger partial charge on any atom is 0.142 e. The number of aldehydes is 1. The second-order valence-corrected chi connectivity index (χ2v) is 3.29. The molecule has 0 heterocycles. The van der Waals surface area contributed by atoms with Crippen molar-refractivity contribution in [3.8, 4) is 0 Å². The molecule has 0 aliphatic rings. The monoisotopic (exact) mass is 140 g/mol. The first kappa shape index (κ1) is 9.41. The third-order valence-corrected chi connectivity index (χ3v) is 1.84. The molecule has 0 N–H and O–H groups in total. The summed E-state index contributed by atoms with van der Waals surface area (Å²) in [6, 6.07) is 0. The SMILES string of the molecule is CCC(C)(C)C/C=C/C=O. The van der Waals surface area contributed by atoms with Gasteiger partial charge in [0, 0.05) is 0 Å². The molecule has 1 nitrogen and oxygen atoms in total. The fourth-order valence-electron chi connectivity index (χ4n) is 0.587. The second-order valence-electron chi connectivity index (χ2n) is 3.29. The minimum atomic E-state index is 0.347. The van der Waals surface area contributed by atoms with Gasteiger partial charge >= 0.3 is 0 Å². The molecule has 58 valence electrons. The summed E-state index contributed by atoms with van der Waals surface area (Å²) >= 11 is 0. The standard InChI is InChI=1S/C9H16O/c1-4-9(2,3)7-5-6-8-10/h5-6,8H,4,7H2,1-3H3/b6-5+. The Labute approximate surface area is 63.1 Å². The number of carbonyl (C=O) groups excluding carboxylic acids is 1. The number of hydrogen-bond acceptors (Lipinski definition) is 1. The predicted octanol–water partition coefficient (Wildman–Crippen LogP) is 2.57. The molecule has 0 unspecified atom stereocenters. The maximum atomic E-state index is 9.89. The molecule has 0 saturated heterocycles. The Hall–Kier alpha value is -0.590. The molecule has 0 amide bonds. The molecule has 0 rings (SSSR count). The Kier molecular flexibility index (Phi) is 4.01. The molecule has 0 spiro atoms. The van der Waals surface area contributed by atoms with E-state index in [0.29, 0.717) is 5.41 Å². The van der Waals surface area contributed by atoms with E-state index >= 15 is 0 Å². The van der Waals surface area contributed by atoms with Gasteiger partial charge in [0.25, 0.3) is 0 Å². The van der Waals surface area contributed by atoms with Gasteiger partial charge in [-0.05, 0) is 17.9 Å². The van der Waals surface area contributed by atoms with Crippen LogP contribution in [0.3, 0.4) is 0 Å². The van der Waals surface area contributed by atoms with Crippen molar-refractivity contribution in [3.05, 3.63) is 12.2 Å². The fourth-order valence-corrected chi connectivity index (χ4v) is 0.587. The Morgan fingerprint density at radius 3 is 2.40 bits per heavy atom. The van der Waals surface area contributed by atoms with Crippen molar-refractivity contribution in [1.82, 2.24) is 0 Å². The van der Waals surface area contributed by atoms with Crippen LogP contribution in [-0.2, 0) is 4.79 Å². The molecule has 10 heavy (non-hydrogen) atoms. The van der Waals surface area contributed by atoms with Crippen molar-refractivity contribution in [2.24, 2.45) is 5.41 Å². The summed E-state index contributed by atoms with van der Waals surface area (Å²) in [5, 5.41) is 0. The fraction of sp³-hybridized carbons (Fsp3) is 0.667. The number of hydrogen-bond donors (Lipinski definition) is 0. The Bertz CT molecular complexity index is 123. The minimum Gasteiger partial charge on any atom is -0.299 e. The summed E-state index contributed by atoms with van der Waals surface area (Å²) in [6.45, 7) is 6.55. The summed E-state index contributed by atoms with van der Waals surface area (Å²) in [5.74, 6) is 0. The first-order valence-corrected chi connectivity index (χ1v) is 3.72. The molecule has 0 atom stereocenters. The van der Waals surface area contributed by atoms with Crippen LogP contribution in [-0.4, -0.2) is 6.29 Å². The van der Waals surface area contributed by atoms with Crippen molar-refractivity contribution in [1.29, 1.82) is 0 Å². The van der Waals surface area contributed by atoms with Crippen LogP contribution in [0.2, 0.25) is 0 Å². The summed E-state index contributed by atoms with van der Waals surface area (Å²) < 4.78 is 0. The highest BCUT2D eigenvalue weighted by atomic mass is 16.1. The molecule has 0 aromatic heterocycles. The smallest absolute Gasteiger partial charge is 0.142 e. The van der Waals surface area contributed by atoms with Crippen molar-refractivity contribution < 1.29 is 4.79 Å². The van der Waals surface area contributed by atoms with E-state index in [-0.39, 0.29) is 0 Å². The van der Waals surface area contributed by atoms with Crippen LogP contribution < -0.4 is 0 Å². The van der Waals surface area contributed by atoms with Gasteiger partial charge in [-0.25, -0.2) is 0 Å². The average Bonchev–Trinajstić information content (AvgIpc) is 1.89. The van der Waals surface area contributed by atoms with Crippen LogP contribution in [0.1, 0.15) is 33.6 Å². The normalized spacial score (nSPS) is 12.3. The topological polar surface area (TPSA) is 17.1 Å². The first-order valence-electron chi connectivity index (χ1n) is 3.72. The van der Waals surface area contributed by atoms with E-state index in [1.807, 2.05) is 6.08 Å². The molecule has 0 aliphatic carbocycles. The van der Waals surface area contributed by atoms with Crippen molar-refractivity contribution in [2.45, 2.75) is 33.6 Å². The van der Waals surface area contributed by atoms with Crippen molar-refractivity contribution in [3.63, 3.8) is 0 Å². The molecule has 0 radical (unpaired) electrons. The largest absolute Gasteiger partial charge is 0.299 e. The van der Waals surface area contributed by atoms with Crippen LogP contribution in [0.25, 0.3) is 0 Å². The van der Waals surface area contributed by atoms with Crippen LogP contribution >= 0.6 is 0 Å². The Morgan fingerprint density at radius 1 is 1.40 bits per heavy atom. The van der Waals surface area contributed by atoms with E-state index in [1.165, 1.54) is 0 Å². The molecule has 0 aromatic rings. The van der Waals surface area contributed by atoms with Gasteiger partial charge < -0.3 is 0 Å². The zero-order valence-corrected chi connectivity index (χ0v) is 7.05. The summed E-state index contributed by atoms with van der Waals surface area (Å²) in [6.07, 6.45) is 6.46. The van der Waals surface area contributed by atoms with E-state index in [1.54, 1.807) is 6.08 Å². The van der Waals surface area contributed by atoms with Crippen molar-refractivity contribution in [2.75, 3.05) is 0 Å². The summed E-state index contributed by atoms with van der Waals surface area (Å²) in [4.78, 5) is 9.89. The molecule has 0 aliphatic heterocycles. The van der Waals surface area contributed by atoms with Crippen LogP contribution in [0.4, 0.5) is 0 Å². The quantitative estimate of drug-likeness (QED) is 0.433. The van der Waals surface area contributed by atoms with E-state index in [9.17, 15) is 4.79 Å². The maximum absolute atomic E-state index is 9.89. The average molecular weight is 140 g/mol. The number of carbonyl (C=O) groups is 1. The third kappa shape index (κ3) is 4.30. The lowest BCUT2D eigenvalue weighted by molar-refractivity contribution is -0.104. The van der Waals surface area contributed by atoms with E-state index < -0.39 is 0 Å². The zero-order valence-electron chi connectivity index (χ0n) is 7.05. The predicted molar refractivity (Wildman–Crippen MR) is 43.9 cm³/mol. The van der Waals surface area contributed by atoms with E-state index in [4.69, 9.17) is 0 Å². The molecule has 1 heteroatoms. The van der Waals surface area contributed by atoms with Gasteiger partial charge in [0.05, 0.1) is 0 Å². The first-order chi connectivity index (χ1) is 4.62. The lowest BCUT2D eigenvalue weighted by Crippen LogP contribution is -2.07. The van der Waals surface area contributed by atoms with Gasteiger partial charge in [0.1, 0.15) is 6.29 Å². The molecule has 0 saturated carbocycles. The van der Waals surface area contributed by atoms with Crippen molar-refractivity contribution >= 4 is 6.29 Å². The van der Waals surface area contributed by atoms with Gasteiger partial charge in [-0.2, -0.15) is 0 Å². The van der Waals surface area contributed by atoms with Crippen LogP contribution in [0.15, 0.2) is 12.2 Å². The van der Waals surface area contributed by atoms with Crippen LogP contribution in [0.5, 0.6) is 0 Å². The molecule has 0 bridgehead atoms. The highest BCUT2D eigenvalue weighted by Crippen LogP contribution is 2.24. The lowest BCUT2D eigenvalue weighted by Gasteiger charge is -2.19. The van der Waals surface area contributed by atoms with E-state index in [2.05, 4.69) is 20.8 Å². The molecule has 0 fully saturated rings. The number of rotatable bonds is 4. The lowest BCUT2D eigenvalue weighted by atomic mass is 9.86. The summed E-state index contributed by atoms with van der Waals surface area (Å²) in [7, 11) is 0. The second kappa shape index (κ2) is 4.26. The zero-order chi connectivity index (χ0) is 8.04. The molecular formula is C9H16O. The highest BCUT2D eigenvalue weighted by Gasteiger charge is 2.11. The molecule has 0 aromatic carbocycles. The Morgan fingerprint density at radius 2 is 2.00 bits per heavy atom. The van der Waals surface area contributed by atoms with Gasteiger partial charge in [-0.15, -0.1) is 0 Å². The van der Waals surface area contributed by atoms with Gasteiger partial charge in [-0.1, -0.05) is 33.3 Å². The Balaban J connectivity index is 3.66. The minimum absolute atomic E-state index is 0.347. The van der Waals surface area contributed by atoms with Gasteiger partial charge in [-0.3, -0.25) is 4.79 Å². The van der Waals surface area contributed by atoms with Gasteiger partial charge in [0.2, 0.25) is 0 Å². The third-order valence-electron chi connectivity index (χ3n) is 1.84. The van der Waals surface area contributed by atoms with Gasteiger partial charge in [0.15, 0.2) is 0 Å². The summed E-state index contributed by atoms with van der Waals surface area (Å²) in [5.41, 5.74) is 0.347. The number of allylic oxidation sites excluding steroid dienone is 2. The van der Waals surface area contributed by atoms with E-state index in [0.717, 1.165) is 19.1 Å². The highest BCUT2D eigenvalue weighted by molar-refractivity contribution is 5.64. The molecular weight excluding hydrogens is 124 g/mol.